The number of rotatable bonds is 6. The molecule has 0 aliphatic heterocycles. The van der Waals surface area contributed by atoms with Crippen molar-refractivity contribution in [2.24, 2.45) is 0 Å². The Morgan fingerprint density at radius 1 is 1.38 bits per heavy atom. The fraction of sp³-hybridized carbons (Fsp3) is 0.250. The second-order valence-corrected chi connectivity index (χ2v) is 5.50. The highest BCUT2D eigenvalue weighted by molar-refractivity contribution is 14.1. The summed E-state index contributed by atoms with van der Waals surface area (Å²) < 4.78 is 5.69. The van der Waals surface area contributed by atoms with Gasteiger partial charge in [-0.1, -0.05) is 11.6 Å². The van der Waals surface area contributed by atoms with Gasteiger partial charge in [-0.25, -0.2) is 4.79 Å². The average molecular weight is 428 g/mol. The van der Waals surface area contributed by atoms with Crippen molar-refractivity contribution >= 4 is 52.0 Å². The summed E-state index contributed by atoms with van der Waals surface area (Å²) in [6, 6.07) is 1.31. The van der Waals surface area contributed by atoms with Gasteiger partial charge in [0.1, 0.15) is 11.8 Å². The first-order chi connectivity index (χ1) is 9.76. The Balaban J connectivity index is 3.05. The Hall–Kier alpha value is -1.55. The number of nitrogens with one attached hydrogen (secondary N) is 1. The number of methoxy groups -OCH3 is 1. The Labute approximate surface area is 138 Å². The van der Waals surface area contributed by atoms with Gasteiger partial charge in [-0.3, -0.25) is 9.59 Å². The van der Waals surface area contributed by atoms with Crippen LogP contribution in [0.2, 0.25) is 5.02 Å². The van der Waals surface area contributed by atoms with Gasteiger partial charge in [-0.2, -0.15) is 0 Å². The Bertz CT molecular complexity index is 591. The zero-order valence-electron chi connectivity index (χ0n) is 10.7. The highest BCUT2D eigenvalue weighted by Gasteiger charge is 2.25. The largest absolute Gasteiger partial charge is 0.496 e. The minimum absolute atomic E-state index is 0.0274. The first kappa shape index (κ1) is 17.5. The molecule has 1 aromatic carbocycles. The van der Waals surface area contributed by atoms with Crippen molar-refractivity contribution in [2.75, 3.05) is 7.11 Å². The summed E-state index contributed by atoms with van der Waals surface area (Å²) in [5.41, 5.74) is 0.0274. The van der Waals surface area contributed by atoms with Crippen LogP contribution in [0.25, 0.3) is 0 Å². The van der Waals surface area contributed by atoms with Crippen LogP contribution in [0, 0.1) is 3.57 Å². The Kier molecular flexibility index (Phi) is 6.21. The van der Waals surface area contributed by atoms with Gasteiger partial charge in [-0.05, 0) is 34.7 Å². The van der Waals surface area contributed by atoms with E-state index >= 15 is 0 Å². The number of benzene rings is 1. The quantitative estimate of drug-likeness (QED) is 0.595. The summed E-state index contributed by atoms with van der Waals surface area (Å²) in [4.78, 5) is 33.6. The minimum atomic E-state index is -1.54. The number of carboxylic acids is 2. The topological polar surface area (TPSA) is 113 Å². The van der Waals surface area contributed by atoms with Crippen molar-refractivity contribution in [3.8, 4) is 5.75 Å². The fourth-order valence-corrected chi connectivity index (χ4v) is 2.09. The number of halogens is 2. The highest BCUT2D eigenvalue weighted by Crippen LogP contribution is 2.28. The maximum Gasteiger partial charge on any atom is 0.326 e. The van der Waals surface area contributed by atoms with Crippen LogP contribution >= 0.6 is 34.2 Å². The number of aliphatic carboxylic acids is 2. The van der Waals surface area contributed by atoms with E-state index in [2.05, 4.69) is 5.32 Å². The maximum atomic E-state index is 12.1. The first-order valence-corrected chi connectivity index (χ1v) is 7.00. The third-order valence-corrected chi connectivity index (χ3v) is 3.99. The number of hydrogen-bond acceptors (Lipinski definition) is 4. The third-order valence-electron chi connectivity index (χ3n) is 2.47. The molecule has 0 aliphatic carbocycles. The molecule has 7 nitrogen and oxygen atoms in total. The SMILES string of the molecule is COc1cc(I)c(Cl)cc1C(=O)N[C@@H](CC(=O)O)C(=O)O. The standard InChI is InChI=1S/C12H11ClINO6/c1-21-9-3-7(14)6(13)2-5(9)11(18)15-8(12(19)20)4-10(16)17/h2-3,8H,4H2,1H3,(H,15,18)(H,16,17)(H,19,20)/t8-/m0/s1. The molecule has 1 amide bonds. The molecule has 1 aromatic rings. The molecule has 21 heavy (non-hydrogen) atoms. The van der Waals surface area contributed by atoms with E-state index < -0.39 is 30.3 Å². The highest BCUT2D eigenvalue weighted by atomic mass is 127. The monoisotopic (exact) mass is 427 g/mol. The van der Waals surface area contributed by atoms with Crippen LogP contribution in [0.1, 0.15) is 16.8 Å². The molecular formula is C12H11ClINO6. The van der Waals surface area contributed by atoms with Gasteiger partial charge in [-0.15, -0.1) is 0 Å². The van der Waals surface area contributed by atoms with E-state index in [9.17, 15) is 14.4 Å². The number of carboxylic acid groups (broad SMARTS) is 2. The van der Waals surface area contributed by atoms with Crippen LogP contribution < -0.4 is 10.1 Å². The second kappa shape index (κ2) is 7.46. The van der Waals surface area contributed by atoms with Crippen LogP contribution in [-0.2, 0) is 9.59 Å². The molecule has 0 saturated heterocycles. The third kappa shape index (κ3) is 4.74. The van der Waals surface area contributed by atoms with Gasteiger partial charge in [0.05, 0.1) is 24.1 Å². The minimum Gasteiger partial charge on any atom is -0.496 e. The normalized spacial score (nSPS) is 11.6. The van der Waals surface area contributed by atoms with E-state index in [-0.39, 0.29) is 11.3 Å². The van der Waals surface area contributed by atoms with Crippen molar-refractivity contribution < 1.29 is 29.3 Å². The van der Waals surface area contributed by atoms with Crippen molar-refractivity contribution in [2.45, 2.75) is 12.5 Å². The van der Waals surface area contributed by atoms with Crippen LogP contribution in [0.15, 0.2) is 12.1 Å². The molecule has 0 saturated carbocycles. The molecule has 0 bridgehead atoms. The fourth-order valence-electron chi connectivity index (χ4n) is 1.49. The summed E-state index contributed by atoms with van der Waals surface area (Å²) in [7, 11) is 1.35. The summed E-state index contributed by atoms with van der Waals surface area (Å²) in [5, 5.41) is 20.0. The summed E-state index contributed by atoms with van der Waals surface area (Å²) in [6.07, 6.45) is -0.735. The van der Waals surface area contributed by atoms with Gasteiger partial charge < -0.3 is 20.3 Å². The lowest BCUT2D eigenvalue weighted by molar-refractivity contribution is -0.145. The maximum absolute atomic E-state index is 12.1. The van der Waals surface area contributed by atoms with E-state index in [0.717, 1.165) is 0 Å². The molecule has 1 atom stereocenters. The van der Waals surface area contributed by atoms with Crippen molar-refractivity contribution in [3.63, 3.8) is 0 Å². The van der Waals surface area contributed by atoms with Crippen LogP contribution in [0.4, 0.5) is 0 Å². The summed E-state index contributed by atoms with van der Waals surface area (Å²) in [5.74, 6) is -3.35. The zero-order chi connectivity index (χ0) is 16.2. The van der Waals surface area contributed by atoms with E-state index in [1.165, 1.54) is 19.2 Å². The predicted molar refractivity (Wildman–Crippen MR) is 81.9 cm³/mol. The molecule has 0 heterocycles. The lowest BCUT2D eigenvalue weighted by Crippen LogP contribution is -2.42. The van der Waals surface area contributed by atoms with E-state index in [1.807, 2.05) is 22.6 Å². The van der Waals surface area contributed by atoms with E-state index in [0.29, 0.717) is 8.59 Å². The molecule has 0 aromatic heterocycles. The van der Waals surface area contributed by atoms with Crippen molar-refractivity contribution in [3.05, 3.63) is 26.3 Å². The molecule has 3 N–H and O–H groups in total. The molecule has 1 rings (SSSR count). The molecular weight excluding hydrogens is 416 g/mol. The van der Waals surface area contributed by atoms with E-state index in [4.69, 9.17) is 26.6 Å². The Morgan fingerprint density at radius 3 is 2.48 bits per heavy atom. The average Bonchev–Trinajstić information content (AvgIpc) is 2.39. The molecule has 0 unspecified atom stereocenters. The van der Waals surface area contributed by atoms with Crippen molar-refractivity contribution in [1.82, 2.24) is 5.32 Å². The van der Waals surface area contributed by atoms with Crippen LogP contribution in [-0.4, -0.2) is 41.2 Å². The molecule has 0 radical (unpaired) electrons. The zero-order valence-corrected chi connectivity index (χ0v) is 13.6. The van der Waals surface area contributed by atoms with Gasteiger partial charge in [0.2, 0.25) is 0 Å². The second-order valence-electron chi connectivity index (χ2n) is 3.93. The summed E-state index contributed by atoms with van der Waals surface area (Å²) >= 11 is 7.87. The van der Waals surface area contributed by atoms with Gasteiger partial charge >= 0.3 is 11.9 Å². The molecule has 0 fully saturated rings. The number of carbonyl (C=O) groups excluding carboxylic acids is 1. The number of carbonyl (C=O) groups is 3. The van der Waals surface area contributed by atoms with E-state index in [1.54, 1.807) is 0 Å². The molecule has 114 valence electrons. The van der Waals surface area contributed by atoms with Gasteiger partial charge in [0.15, 0.2) is 0 Å². The predicted octanol–water partition coefficient (Wildman–Crippen LogP) is 1.61. The first-order valence-electron chi connectivity index (χ1n) is 5.54. The van der Waals surface area contributed by atoms with Crippen LogP contribution in [0.3, 0.4) is 0 Å². The van der Waals surface area contributed by atoms with Crippen molar-refractivity contribution in [1.29, 1.82) is 0 Å². The number of ether oxygens (including phenoxy) is 1. The molecule has 0 spiro atoms. The number of amides is 1. The lowest BCUT2D eigenvalue weighted by atomic mass is 10.1. The molecule has 9 heteroatoms. The molecule has 0 aliphatic rings. The summed E-state index contributed by atoms with van der Waals surface area (Å²) in [6.45, 7) is 0. The smallest absolute Gasteiger partial charge is 0.326 e. The number of hydrogen-bond donors (Lipinski definition) is 3. The van der Waals surface area contributed by atoms with Gasteiger partial charge in [0, 0.05) is 3.57 Å². The van der Waals surface area contributed by atoms with Crippen LogP contribution in [0.5, 0.6) is 5.75 Å². The van der Waals surface area contributed by atoms with Gasteiger partial charge in [0.25, 0.3) is 5.91 Å². The lowest BCUT2D eigenvalue weighted by Gasteiger charge is -2.14. The Morgan fingerprint density at radius 2 is 2.00 bits per heavy atom.